The monoisotopic (exact) mass is 313 g/mol. The van der Waals surface area contributed by atoms with Gasteiger partial charge in [0.2, 0.25) is 10.0 Å². The summed E-state index contributed by atoms with van der Waals surface area (Å²) >= 11 is 0. The molecule has 0 aliphatic heterocycles. The number of benzene rings is 1. The third-order valence-corrected chi connectivity index (χ3v) is 4.60. The van der Waals surface area contributed by atoms with Crippen LogP contribution in [-0.4, -0.2) is 26.0 Å². The molecule has 5 nitrogen and oxygen atoms in total. The van der Waals surface area contributed by atoms with Crippen molar-refractivity contribution in [2.75, 3.05) is 6.54 Å². The van der Waals surface area contributed by atoms with E-state index < -0.39 is 16.0 Å². The largest absolute Gasteiger partial charge is 0.481 e. The Hall–Kier alpha value is -1.40. The number of hydrogen-bond acceptors (Lipinski definition) is 3. The molecule has 0 amide bonds. The zero-order chi connectivity index (χ0) is 16.0. The minimum absolute atomic E-state index is 0.0331. The molecule has 2 N–H and O–H groups in total. The molecule has 0 bridgehead atoms. The number of nitrogens with one attached hydrogen (secondary N) is 1. The van der Waals surface area contributed by atoms with Gasteiger partial charge in [-0.1, -0.05) is 31.5 Å². The van der Waals surface area contributed by atoms with Crippen LogP contribution in [0.5, 0.6) is 0 Å². The number of carboxylic acids is 1. The minimum atomic E-state index is -3.59. The van der Waals surface area contributed by atoms with Gasteiger partial charge >= 0.3 is 5.97 Å². The molecular formula is C15H23NO4S. The lowest BCUT2D eigenvalue weighted by Crippen LogP contribution is -2.31. The average Bonchev–Trinajstić information content (AvgIpc) is 2.35. The van der Waals surface area contributed by atoms with E-state index in [9.17, 15) is 13.2 Å². The molecule has 0 radical (unpaired) electrons. The summed E-state index contributed by atoms with van der Waals surface area (Å²) in [6.07, 6.45) is 0.636. The molecule has 1 atom stereocenters. The molecule has 1 aromatic carbocycles. The van der Waals surface area contributed by atoms with Gasteiger partial charge < -0.3 is 5.11 Å². The molecule has 1 rings (SSSR count). The third kappa shape index (κ3) is 6.27. The Morgan fingerprint density at radius 1 is 1.24 bits per heavy atom. The first-order valence-corrected chi connectivity index (χ1v) is 8.47. The lowest BCUT2D eigenvalue weighted by atomic mass is 9.94. The maximum atomic E-state index is 12.2. The second kappa shape index (κ2) is 7.56. The summed E-state index contributed by atoms with van der Waals surface area (Å²) in [7, 11) is -3.59. The summed E-state index contributed by atoms with van der Waals surface area (Å²) in [5.74, 6) is -0.795. The van der Waals surface area contributed by atoms with Crippen molar-refractivity contribution in [1.29, 1.82) is 0 Å². The van der Waals surface area contributed by atoms with Crippen molar-refractivity contribution in [3.05, 3.63) is 29.8 Å². The van der Waals surface area contributed by atoms with Gasteiger partial charge in [-0.15, -0.1) is 0 Å². The van der Waals surface area contributed by atoms with Crippen LogP contribution in [0.15, 0.2) is 29.2 Å². The zero-order valence-electron chi connectivity index (χ0n) is 12.7. The van der Waals surface area contributed by atoms with Gasteiger partial charge in [0.15, 0.2) is 0 Å². The molecule has 0 saturated heterocycles. The Labute approximate surface area is 126 Å². The Morgan fingerprint density at radius 2 is 1.81 bits per heavy atom. The molecule has 0 aliphatic rings. The summed E-state index contributed by atoms with van der Waals surface area (Å²) in [6, 6.07) is 6.56. The lowest BCUT2D eigenvalue weighted by molar-refractivity contribution is -0.138. The molecule has 0 saturated carbocycles. The number of aryl methyl sites for hydroxylation is 1. The standard InChI is InChI=1S/C15H23NO4S/c1-11(2)8-13(9-15(17)18)10-16-21(19,20)14-6-4-12(3)5-7-14/h4-7,11,13,16H,8-10H2,1-3H3,(H,17,18). The first kappa shape index (κ1) is 17.7. The molecule has 118 valence electrons. The highest BCUT2D eigenvalue weighted by Crippen LogP contribution is 2.16. The number of carboxylic acid groups (broad SMARTS) is 1. The van der Waals surface area contributed by atoms with Gasteiger partial charge in [0, 0.05) is 13.0 Å². The molecule has 0 spiro atoms. The molecule has 6 heteroatoms. The SMILES string of the molecule is Cc1ccc(S(=O)(=O)NCC(CC(=O)O)CC(C)C)cc1. The maximum absolute atomic E-state index is 12.2. The van der Waals surface area contributed by atoms with Gasteiger partial charge in [0.05, 0.1) is 4.90 Å². The Balaban J connectivity index is 2.73. The van der Waals surface area contributed by atoms with Gasteiger partial charge in [-0.3, -0.25) is 4.79 Å². The summed E-state index contributed by atoms with van der Waals surface area (Å²) in [4.78, 5) is 11.0. The Kier molecular flexibility index (Phi) is 6.36. The number of aliphatic carboxylic acids is 1. The van der Waals surface area contributed by atoms with Crippen LogP contribution in [0.3, 0.4) is 0 Å². The van der Waals surface area contributed by atoms with Crippen LogP contribution in [0, 0.1) is 18.8 Å². The topological polar surface area (TPSA) is 83.5 Å². The van der Waals surface area contributed by atoms with Gasteiger partial charge in [0.25, 0.3) is 0 Å². The predicted octanol–water partition coefficient (Wildman–Crippen LogP) is 2.41. The predicted molar refractivity (Wildman–Crippen MR) is 81.6 cm³/mol. The number of carbonyl (C=O) groups is 1. The van der Waals surface area contributed by atoms with Crippen molar-refractivity contribution < 1.29 is 18.3 Å². The number of sulfonamides is 1. The van der Waals surface area contributed by atoms with Crippen LogP contribution in [0.2, 0.25) is 0 Å². The van der Waals surface area contributed by atoms with Gasteiger partial charge in [-0.25, -0.2) is 13.1 Å². The average molecular weight is 313 g/mol. The van der Waals surface area contributed by atoms with Crippen LogP contribution in [0.4, 0.5) is 0 Å². The first-order chi connectivity index (χ1) is 9.70. The van der Waals surface area contributed by atoms with E-state index in [-0.39, 0.29) is 23.8 Å². The first-order valence-electron chi connectivity index (χ1n) is 6.99. The van der Waals surface area contributed by atoms with Crippen LogP contribution in [0.25, 0.3) is 0 Å². The molecule has 1 aromatic rings. The van der Waals surface area contributed by atoms with Crippen molar-refractivity contribution in [2.45, 2.75) is 38.5 Å². The Morgan fingerprint density at radius 3 is 2.29 bits per heavy atom. The summed E-state index contributed by atoms with van der Waals surface area (Å²) in [5, 5.41) is 8.90. The van der Waals surface area contributed by atoms with E-state index in [0.29, 0.717) is 12.3 Å². The van der Waals surface area contributed by atoms with Gasteiger partial charge in [-0.2, -0.15) is 0 Å². The molecule has 0 fully saturated rings. The fraction of sp³-hybridized carbons (Fsp3) is 0.533. The van der Waals surface area contributed by atoms with Crippen molar-refractivity contribution in [3.63, 3.8) is 0 Å². The van der Waals surface area contributed by atoms with Gasteiger partial charge in [0.1, 0.15) is 0 Å². The summed E-state index contributed by atoms with van der Waals surface area (Å²) in [5.41, 5.74) is 0.984. The van der Waals surface area contributed by atoms with Crippen molar-refractivity contribution >= 4 is 16.0 Å². The number of rotatable bonds is 8. The number of hydrogen-bond donors (Lipinski definition) is 2. The van der Waals surface area contributed by atoms with E-state index >= 15 is 0 Å². The molecule has 0 heterocycles. The van der Waals surface area contributed by atoms with E-state index in [1.807, 2.05) is 20.8 Å². The highest BCUT2D eigenvalue weighted by molar-refractivity contribution is 7.89. The second-order valence-electron chi connectivity index (χ2n) is 5.76. The lowest BCUT2D eigenvalue weighted by Gasteiger charge is -2.18. The fourth-order valence-corrected chi connectivity index (χ4v) is 3.30. The van der Waals surface area contributed by atoms with Crippen LogP contribution in [0.1, 0.15) is 32.3 Å². The van der Waals surface area contributed by atoms with Crippen molar-refractivity contribution in [3.8, 4) is 0 Å². The van der Waals surface area contributed by atoms with E-state index in [1.165, 1.54) is 0 Å². The highest BCUT2D eigenvalue weighted by Gasteiger charge is 2.19. The third-order valence-electron chi connectivity index (χ3n) is 3.16. The highest BCUT2D eigenvalue weighted by atomic mass is 32.2. The van der Waals surface area contributed by atoms with E-state index in [0.717, 1.165) is 5.56 Å². The minimum Gasteiger partial charge on any atom is -0.481 e. The quantitative estimate of drug-likeness (QED) is 0.772. The van der Waals surface area contributed by atoms with E-state index in [4.69, 9.17) is 5.11 Å². The maximum Gasteiger partial charge on any atom is 0.303 e. The van der Waals surface area contributed by atoms with Gasteiger partial charge in [-0.05, 0) is 37.3 Å². The van der Waals surface area contributed by atoms with Crippen LogP contribution >= 0.6 is 0 Å². The van der Waals surface area contributed by atoms with Crippen LogP contribution in [-0.2, 0) is 14.8 Å². The normalized spacial score (nSPS) is 13.3. The van der Waals surface area contributed by atoms with Crippen molar-refractivity contribution in [2.24, 2.45) is 11.8 Å². The van der Waals surface area contributed by atoms with Crippen LogP contribution < -0.4 is 4.72 Å². The molecule has 0 aromatic heterocycles. The zero-order valence-corrected chi connectivity index (χ0v) is 13.5. The van der Waals surface area contributed by atoms with E-state index in [1.54, 1.807) is 24.3 Å². The second-order valence-corrected chi connectivity index (χ2v) is 7.53. The Bertz CT molecular complexity index is 564. The smallest absolute Gasteiger partial charge is 0.303 e. The molecule has 0 aliphatic carbocycles. The van der Waals surface area contributed by atoms with Crippen molar-refractivity contribution in [1.82, 2.24) is 4.72 Å². The molecular weight excluding hydrogens is 290 g/mol. The van der Waals surface area contributed by atoms with E-state index in [2.05, 4.69) is 4.72 Å². The molecule has 21 heavy (non-hydrogen) atoms. The summed E-state index contributed by atoms with van der Waals surface area (Å²) < 4.78 is 26.8. The fourth-order valence-electron chi connectivity index (χ4n) is 2.18. The summed E-state index contributed by atoms with van der Waals surface area (Å²) in [6.45, 7) is 6.00. The molecule has 1 unspecified atom stereocenters.